The standard InChI is InChI=1S/C24H18FNO3/c1-15-7-9-17(10-8-15)22(27)20-21(16-11-13-18(25)14-12-16)26(24(29)23(20)28)19-5-3-2-4-6-19/h2-14,21,27H,1H3/b22-20+/t21-/m0/s1. The number of hydrogen-bond donors (Lipinski definition) is 1. The summed E-state index contributed by atoms with van der Waals surface area (Å²) in [7, 11) is 0. The molecule has 0 aliphatic carbocycles. The Labute approximate surface area is 167 Å². The van der Waals surface area contributed by atoms with Crippen LogP contribution in [0.4, 0.5) is 10.1 Å². The first-order valence-electron chi connectivity index (χ1n) is 9.16. The number of benzene rings is 3. The number of ketones is 1. The number of aliphatic hydroxyl groups is 1. The molecule has 1 saturated heterocycles. The number of para-hydroxylation sites is 1. The summed E-state index contributed by atoms with van der Waals surface area (Å²) in [6, 6.07) is 20.5. The number of hydrogen-bond acceptors (Lipinski definition) is 3. The molecule has 144 valence electrons. The highest BCUT2D eigenvalue weighted by Crippen LogP contribution is 2.42. The van der Waals surface area contributed by atoms with Crippen molar-refractivity contribution in [2.75, 3.05) is 4.90 Å². The van der Waals surface area contributed by atoms with Crippen LogP contribution in [0.25, 0.3) is 5.76 Å². The quantitative estimate of drug-likeness (QED) is 0.400. The Morgan fingerprint density at radius 3 is 2.14 bits per heavy atom. The van der Waals surface area contributed by atoms with E-state index in [2.05, 4.69) is 0 Å². The summed E-state index contributed by atoms with van der Waals surface area (Å²) in [6.45, 7) is 1.91. The van der Waals surface area contributed by atoms with Crippen molar-refractivity contribution in [3.8, 4) is 0 Å². The van der Waals surface area contributed by atoms with Gasteiger partial charge in [0.2, 0.25) is 0 Å². The molecule has 1 fully saturated rings. The molecule has 1 amide bonds. The van der Waals surface area contributed by atoms with Crippen LogP contribution in [-0.2, 0) is 9.59 Å². The molecule has 4 nitrogen and oxygen atoms in total. The molecule has 0 radical (unpaired) electrons. The number of Topliss-reactive ketones (excluding diaryl/α,β-unsaturated/α-hetero) is 1. The summed E-state index contributed by atoms with van der Waals surface area (Å²) in [5, 5.41) is 11.0. The summed E-state index contributed by atoms with van der Waals surface area (Å²) in [6.07, 6.45) is 0. The predicted octanol–water partition coefficient (Wildman–Crippen LogP) is 4.76. The maximum atomic E-state index is 13.5. The lowest BCUT2D eigenvalue weighted by Gasteiger charge is -2.25. The highest BCUT2D eigenvalue weighted by atomic mass is 19.1. The third kappa shape index (κ3) is 3.31. The zero-order valence-electron chi connectivity index (χ0n) is 15.7. The second kappa shape index (κ2) is 7.36. The topological polar surface area (TPSA) is 57.6 Å². The van der Waals surface area contributed by atoms with Gasteiger partial charge < -0.3 is 5.11 Å². The van der Waals surface area contributed by atoms with E-state index >= 15 is 0 Å². The number of carbonyl (C=O) groups is 2. The van der Waals surface area contributed by atoms with Crippen LogP contribution >= 0.6 is 0 Å². The van der Waals surface area contributed by atoms with Crippen molar-refractivity contribution < 1.29 is 19.1 Å². The van der Waals surface area contributed by atoms with Crippen LogP contribution in [0, 0.1) is 12.7 Å². The summed E-state index contributed by atoms with van der Waals surface area (Å²) in [5.74, 6) is -2.19. The smallest absolute Gasteiger partial charge is 0.300 e. The molecule has 0 unspecified atom stereocenters. The minimum Gasteiger partial charge on any atom is -0.507 e. The van der Waals surface area contributed by atoms with E-state index in [0.717, 1.165) is 5.56 Å². The molecule has 1 atom stereocenters. The first kappa shape index (κ1) is 18.6. The zero-order valence-corrected chi connectivity index (χ0v) is 15.7. The van der Waals surface area contributed by atoms with Crippen molar-refractivity contribution in [2.24, 2.45) is 0 Å². The van der Waals surface area contributed by atoms with Crippen molar-refractivity contribution in [1.29, 1.82) is 0 Å². The fraction of sp³-hybridized carbons (Fsp3) is 0.0833. The van der Waals surface area contributed by atoms with E-state index in [4.69, 9.17) is 0 Å². The zero-order chi connectivity index (χ0) is 20.5. The van der Waals surface area contributed by atoms with E-state index in [1.165, 1.54) is 29.2 Å². The lowest BCUT2D eigenvalue weighted by Crippen LogP contribution is -2.29. The van der Waals surface area contributed by atoms with Gasteiger partial charge in [0.05, 0.1) is 11.6 Å². The van der Waals surface area contributed by atoms with Gasteiger partial charge in [0.25, 0.3) is 11.7 Å². The number of amides is 1. The number of aliphatic hydroxyl groups excluding tert-OH is 1. The summed E-state index contributed by atoms with van der Waals surface area (Å²) in [5.41, 5.74) is 2.47. The molecule has 1 aliphatic rings. The SMILES string of the molecule is Cc1ccc(/C(O)=C2\C(=O)C(=O)N(c3ccccc3)[C@H]2c2ccc(F)cc2)cc1. The first-order valence-corrected chi connectivity index (χ1v) is 9.16. The molecular formula is C24H18FNO3. The molecule has 29 heavy (non-hydrogen) atoms. The highest BCUT2D eigenvalue weighted by Gasteiger charge is 2.46. The van der Waals surface area contributed by atoms with Crippen LogP contribution in [0.5, 0.6) is 0 Å². The Kier molecular flexibility index (Phi) is 4.72. The van der Waals surface area contributed by atoms with Crippen LogP contribution < -0.4 is 4.90 Å². The summed E-state index contributed by atoms with van der Waals surface area (Å²) in [4.78, 5) is 27.2. The van der Waals surface area contributed by atoms with Gasteiger partial charge >= 0.3 is 0 Å². The van der Waals surface area contributed by atoms with Crippen molar-refractivity contribution in [3.63, 3.8) is 0 Å². The fourth-order valence-electron chi connectivity index (χ4n) is 3.51. The Balaban J connectivity index is 1.94. The number of anilines is 1. The second-order valence-corrected chi connectivity index (χ2v) is 6.92. The predicted molar refractivity (Wildman–Crippen MR) is 109 cm³/mol. The second-order valence-electron chi connectivity index (χ2n) is 6.92. The molecule has 3 aromatic carbocycles. The maximum absolute atomic E-state index is 13.5. The number of carbonyl (C=O) groups excluding carboxylic acids is 2. The van der Waals surface area contributed by atoms with E-state index in [0.29, 0.717) is 16.8 Å². The van der Waals surface area contributed by atoms with E-state index in [1.54, 1.807) is 42.5 Å². The van der Waals surface area contributed by atoms with E-state index in [1.807, 2.05) is 19.1 Å². The van der Waals surface area contributed by atoms with Crippen molar-refractivity contribution in [2.45, 2.75) is 13.0 Å². The fourth-order valence-corrected chi connectivity index (χ4v) is 3.51. The molecule has 1 aliphatic heterocycles. The molecule has 1 N–H and O–H groups in total. The van der Waals surface area contributed by atoms with Crippen LogP contribution in [0.3, 0.4) is 0 Å². The lowest BCUT2D eigenvalue weighted by atomic mass is 9.95. The van der Waals surface area contributed by atoms with Crippen LogP contribution in [-0.4, -0.2) is 16.8 Å². The van der Waals surface area contributed by atoms with Gasteiger partial charge in [0.1, 0.15) is 11.6 Å². The van der Waals surface area contributed by atoms with Gasteiger partial charge in [-0.3, -0.25) is 14.5 Å². The van der Waals surface area contributed by atoms with E-state index in [-0.39, 0.29) is 11.3 Å². The van der Waals surface area contributed by atoms with E-state index < -0.39 is 23.5 Å². The monoisotopic (exact) mass is 387 g/mol. The minimum absolute atomic E-state index is 0.0192. The summed E-state index contributed by atoms with van der Waals surface area (Å²) >= 11 is 0. The van der Waals surface area contributed by atoms with Gasteiger partial charge in [-0.2, -0.15) is 0 Å². The average Bonchev–Trinajstić information content (AvgIpc) is 3.00. The summed E-state index contributed by atoms with van der Waals surface area (Å²) < 4.78 is 13.5. The number of aryl methyl sites for hydroxylation is 1. The average molecular weight is 387 g/mol. The number of rotatable bonds is 3. The third-order valence-electron chi connectivity index (χ3n) is 4.99. The van der Waals surface area contributed by atoms with E-state index in [9.17, 15) is 19.1 Å². The van der Waals surface area contributed by atoms with Crippen molar-refractivity contribution >= 4 is 23.1 Å². The normalized spacial score (nSPS) is 18.3. The molecule has 0 aromatic heterocycles. The van der Waals surface area contributed by atoms with Crippen molar-refractivity contribution in [3.05, 3.63) is 107 Å². The Bertz CT molecular complexity index is 1100. The van der Waals surface area contributed by atoms with Gasteiger partial charge in [0.15, 0.2) is 0 Å². The van der Waals surface area contributed by atoms with Crippen molar-refractivity contribution in [1.82, 2.24) is 0 Å². The van der Waals surface area contributed by atoms with Gasteiger partial charge in [-0.1, -0.05) is 60.2 Å². The highest BCUT2D eigenvalue weighted by molar-refractivity contribution is 6.51. The minimum atomic E-state index is -0.862. The molecule has 0 bridgehead atoms. The van der Waals surface area contributed by atoms with Crippen LogP contribution in [0.15, 0.2) is 84.4 Å². The Morgan fingerprint density at radius 1 is 0.897 bits per heavy atom. The number of nitrogens with zero attached hydrogens (tertiary/aromatic N) is 1. The van der Waals surface area contributed by atoms with Crippen LogP contribution in [0.1, 0.15) is 22.7 Å². The van der Waals surface area contributed by atoms with Gasteiger partial charge in [0, 0.05) is 11.3 Å². The molecule has 4 rings (SSSR count). The number of halogens is 1. The largest absolute Gasteiger partial charge is 0.507 e. The third-order valence-corrected chi connectivity index (χ3v) is 4.99. The Morgan fingerprint density at radius 2 is 1.52 bits per heavy atom. The molecule has 0 saturated carbocycles. The van der Waals surface area contributed by atoms with Crippen LogP contribution in [0.2, 0.25) is 0 Å². The maximum Gasteiger partial charge on any atom is 0.300 e. The molecule has 5 heteroatoms. The molecule has 0 spiro atoms. The lowest BCUT2D eigenvalue weighted by molar-refractivity contribution is -0.132. The first-order chi connectivity index (χ1) is 14.0. The van der Waals surface area contributed by atoms with Gasteiger partial charge in [-0.25, -0.2) is 4.39 Å². The van der Waals surface area contributed by atoms with Gasteiger partial charge in [-0.05, 0) is 36.8 Å². The molecular weight excluding hydrogens is 369 g/mol. The molecule has 3 aromatic rings. The Hall–Kier alpha value is -3.73. The molecule has 1 heterocycles. The van der Waals surface area contributed by atoms with Gasteiger partial charge in [-0.15, -0.1) is 0 Å².